The number of nitrogens with zero attached hydrogens (tertiary/aromatic N) is 5. The second kappa shape index (κ2) is 8.81. The van der Waals surface area contributed by atoms with Crippen LogP contribution in [0.4, 0.5) is 35.0 Å². The smallest absolute Gasteiger partial charge is 0.362 e. The van der Waals surface area contributed by atoms with Gasteiger partial charge in [-0.25, -0.2) is 9.48 Å². The van der Waals surface area contributed by atoms with Gasteiger partial charge in [-0.3, -0.25) is 10.1 Å². The summed E-state index contributed by atoms with van der Waals surface area (Å²) in [6.45, 7) is 1.17. The van der Waals surface area contributed by atoms with Crippen LogP contribution in [0.3, 0.4) is 0 Å². The maximum atomic E-state index is 13.2. The number of hydrogen-bond acceptors (Lipinski definition) is 5. The van der Waals surface area contributed by atoms with Gasteiger partial charge in [0.2, 0.25) is 0 Å². The molecule has 1 aliphatic rings. The molecule has 2 amide bonds. The number of aromatic nitrogens is 2. The molecule has 1 aromatic heterocycles. The third-order valence-electron chi connectivity index (χ3n) is 5.30. The van der Waals surface area contributed by atoms with Crippen LogP contribution in [-0.2, 0) is 6.18 Å². The third kappa shape index (κ3) is 4.73. The fourth-order valence-corrected chi connectivity index (χ4v) is 3.65. The highest BCUT2D eigenvalue weighted by Crippen LogP contribution is 2.33. The topological polar surface area (TPSA) is 96.5 Å². The first kappa shape index (κ1) is 22.1. The predicted molar refractivity (Wildman–Crippen MR) is 114 cm³/mol. The van der Waals surface area contributed by atoms with E-state index in [1.54, 1.807) is 35.4 Å². The standard InChI is InChI=1S/C21H19F3N6O3/c22-21(23,24)15-6-7-17(29-9-3-8-25-29)16(14-15)26-20(31)28-12-10-27(11-13-28)18-4-1-2-5-19(18)30(32)33/h1-9,14H,10-13H2,(H,26,31). The number of alkyl halides is 3. The number of nitro groups is 1. The lowest BCUT2D eigenvalue weighted by molar-refractivity contribution is -0.384. The number of nitro benzene ring substituents is 1. The number of amides is 2. The molecule has 1 aliphatic heterocycles. The molecule has 0 unspecified atom stereocenters. The van der Waals surface area contributed by atoms with Crippen molar-refractivity contribution in [2.45, 2.75) is 6.18 Å². The Bertz CT molecular complexity index is 1160. The molecule has 0 radical (unpaired) electrons. The number of benzene rings is 2. The highest BCUT2D eigenvalue weighted by atomic mass is 19.4. The zero-order valence-corrected chi connectivity index (χ0v) is 17.2. The Balaban J connectivity index is 1.50. The second-order valence-electron chi connectivity index (χ2n) is 7.33. The number of urea groups is 1. The van der Waals surface area contributed by atoms with E-state index in [4.69, 9.17) is 0 Å². The Hall–Kier alpha value is -4.09. The van der Waals surface area contributed by atoms with Gasteiger partial charge in [0.25, 0.3) is 5.69 Å². The van der Waals surface area contributed by atoms with E-state index in [-0.39, 0.29) is 24.5 Å². The normalized spacial score (nSPS) is 14.3. The zero-order chi connectivity index (χ0) is 23.6. The number of anilines is 2. The minimum atomic E-state index is -4.57. The van der Waals surface area contributed by atoms with Crippen LogP contribution >= 0.6 is 0 Å². The molecule has 33 heavy (non-hydrogen) atoms. The van der Waals surface area contributed by atoms with Gasteiger partial charge in [0.15, 0.2) is 0 Å². The Labute approximate surface area is 186 Å². The maximum absolute atomic E-state index is 13.2. The van der Waals surface area contributed by atoms with E-state index in [9.17, 15) is 28.1 Å². The van der Waals surface area contributed by atoms with E-state index < -0.39 is 22.7 Å². The number of para-hydroxylation sites is 2. The van der Waals surface area contributed by atoms with E-state index in [0.29, 0.717) is 24.5 Å². The number of nitrogens with one attached hydrogen (secondary N) is 1. The molecule has 9 nitrogen and oxygen atoms in total. The van der Waals surface area contributed by atoms with E-state index >= 15 is 0 Å². The van der Waals surface area contributed by atoms with Crippen LogP contribution in [-0.4, -0.2) is 51.8 Å². The van der Waals surface area contributed by atoms with Crippen LogP contribution < -0.4 is 10.2 Å². The molecule has 3 aromatic rings. The fraction of sp³-hybridized carbons (Fsp3) is 0.238. The van der Waals surface area contributed by atoms with Crippen molar-refractivity contribution in [3.05, 3.63) is 76.6 Å². The average Bonchev–Trinajstić information content (AvgIpc) is 3.33. The van der Waals surface area contributed by atoms with Gasteiger partial charge >= 0.3 is 12.2 Å². The lowest BCUT2D eigenvalue weighted by Gasteiger charge is -2.35. The Kier molecular flexibility index (Phi) is 5.90. The second-order valence-corrected chi connectivity index (χ2v) is 7.33. The summed E-state index contributed by atoms with van der Waals surface area (Å²) < 4.78 is 41.0. The summed E-state index contributed by atoms with van der Waals surface area (Å²) in [5.74, 6) is 0. The van der Waals surface area contributed by atoms with Gasteiger partial charge in [0, 0.05) is 44.6 Å². The van der Waals surface area contributed by atoms with Gasteiger partial charge in [-0.2, -0.15) is 18.3 Å². The molecular formula is C21H19F3N6O3. The molecule has 0 aliphatic carbocycles. The van der Waals surface area contributed by atoms with Gasteiger partial charge in [0.1, 0.15) is 5.69 Å². The summed E-state index contributed by atoms with van der Waals surface area (Å²) in [6, 6.07) is 10.4. The van der Waals surface area contributed by atoms with E-state index in [1.807, 2.05) is 0 Å². The average molecular weight is 460 g/mol. The van der Waals surface area contributed by atoms with Crippen molar-refractivity contribution in [3.63, 3.8) is 0 Å². The largest absolute Gasteiger partial charge is 0.416 e. The lowest BCUT2D eigenvalue weighted by Crippen LogP contribution is -2.50. The summed E-state index contributed by atoms with van der Waals surface area (Å²) >= 11 is 0. The Morgan fingerprint density at radius 3 is 2.39 bits per heavy atom. The molecular weight excluding hydrogens is 441 g/mol. The van der Waals surface area contributed by atoms with Crippen molar-refractivity contribution in [1.29, 1.82) is 0 Å². The number of halogens is 3. The van der Waals surface area contributed by atoms with Crippen molar-refractivity contribution in [3.8, 4) is 5.69 Å². The van der Waals surface area contributed by atoms with E-state index in [0.717, 1.165) is 12.1 Å². The number of carbonyl (C=O) groups is 1. The molecule has 2 heterocycles. The van der Waals surface area contributed by atoms with Crippen molar-refractivity contribution in [2.75, 3.05) is 36.4 Å². The summed E-state index contributed by atoms with van der Waals surface area (Å²) in [4.78, 5) is 26.9. The van der Waals surface area contributed by atoms with E-state index in [2.05, 4.69) is 10.4 Å². The van der Waals surface area contributed by atoms with Crippen LogP contribution in [0.5, 0.6) is 0 Å². The fourth-order valence-electron chi connectivity index (χ4n) is 3.65. The summed E-state index contributed by atoms with van der Waals surface area (Å²) in [5.41, 5.74) is -0.195. The number of rotatable bonds is 4. The number of hydrogen-bond donors (Lipinski definition) is 1. The summed E-state index contributed by atoms with van der Waals surface area (Å²) in [5, 5.41) is 17.9. The first-order valence-corrected chi connectivity index (χ1v) is 9.99. The van der Waals surface area contributed by atoms with Crippen LogP contribution in [0.2, 0.25) is 0 Å². The SMILES string of the molecule is O=C(Nc1cc(C(F)(F)F)ccc1-n1cccn1)N1CCN(c2ccccc2[N+](=O)[O-])CC1. The van der Waals surface area contributed by atoms with Crippen LogP contribution in [0, 0.1) is 10.1 Å². The van der Waals surface area contributed by atoms with Crippen molar-refractivity contribution < 1.29 is 22.9 Å². The van der Waals surface area contributed by atoms with Crippen LogP contribution in [0.25, 0.3) is 5.69 Å². The molecule has 0 bridgehead atoms. The third-order valence-corrected chi connectivity index (χ3v) is 5.30. The molecule has 2 aromatic carbocycles. The predicted octanol–water partition coefficient (Wildman–Crippen LogP) is 4.15. The molecule has 1 saturated heterocycles. The highest BCUT2D eigenvalue weighted by molar-refractivity contribution is 5.92. The van der Waals surface area contributed by atoms with Crippen molar-refractivity contribution in [2.24, 2.45) is 0 Å². The number of carbonyl (C=O) groups excluding carboxylic acids is 1. The minimum Gasteiger partial charge on any atom is -0.362 e. The molecule has 0 atom stereocenters. The van der Waals surface area contributed by atoms with Gasteiger partial charge in [-0.1, -0.05) is 12.1 Å². The lowest BCUT2D eigenvalue weighted by atomic mass is 10.1. The van der Waals surface area contributed by atoms with Crippen LogP contribution in [0.15, 0.2) is 60.9 Å². The molecule has 0 saturated carbocycles. The number of piperazine rings is 1. The molecule has 1 fully saturated rings. The monoisotopic (exact) mass is 460 g/mol. The molecule has 12 heteroatoms. The summed E-state index contributed by atoms with van der Waals surface area (Å²) in [7, 11) is 0. The molecule has 0 spiro atoms. The van der Waals surface area contributed by atoms with Crippen molar-refractivity contribution >= 4 is 23.1 Å². The van der Waals surface area contributed by atoms with Crippen LogP contribution in [0.1, 0.15) is 5.56 Å². The minimum absolute atomic E-state index is 0.0248. The molecule has 1 N–H and O–H groups in total. The summed E-state index contributed by atoms with van der Waals surface area (Å²) in [6.07, 6.45) is -1.53. The van der Waals surface area contributed by atoms with Gasteiger partial charge in [0.05, 0.1) is 21.9 Å². The first-order chi connectivity index (χ1) is 15.7. The molecule has 172 valence electrons. The van der Waals surface area contributed by atoms with Gasteiger partial charge < -0.3 is 15.1 Å². The van der Waals surface area contributed by atoms with Gasteiger partial charge in [-0.05, 0) is 30.3 Å². The van der Waals surface area contributed by atoms with Crippen molar-refractivity contribution in [1.82, 2.24) is 14.7 Å². The Morgan fingerprint density at radius 2 is 1.76 bits per heavy atom. The molecule has 4 rings (SSSR count). The highest BCUT2D eigenvalue weighted by Gasteiger charge is 2.32. The maximum Gasteiger partial charge on any atom is 0.416 e. The van der Waals surface area contributed by atoms with E-state index in [1.165, 1.54) is 27.9 Å². The van der Waals surface area contributed by atoms with Gasteiger partial charge in [-0.15, -0.1) is 0 Å². The zero-order valence-electron chi connectivity index (χ0n) is 17.2. The quantitative estimate of drug-likeness (QED) is 0.466. The Morgan fingerprint density at radius 1 is 1.03 bits per heavy atom. The first-order valence-electron chi connectivity index (χ1n) is 9.99.